The summed E-state index contributed by atoms with van der Waals surface area (Å²) in [6.07, 6.45) is 1.48. The fourth-order valence-electron chi connectivity index (χ4n) is 1.76. The quantitative estimate of drug-likeness (QED) is 0.841. The van der Waals surface area contributed by atoms with E-state index in [9.17, 15) is 8.42 Å². The van der Waals surface area contributed by atoms with Crippen LogP contribution in [0.3, 0.4) is 0 Å². The molecule has 1 aromatic heterocycles. The van der Waals surface area contributed by atoms with Crippen LogP contribution in [0.5, 0.6) is 0 Å². The summed E-state index contributed by atoms with van der Waals surface area (Å²) in [4.78, 5) is -0.00891. The highest BCUT2D eigenvalue weighted by Gasteiger charge is 2.20. The molecule has 0 aliphatic rings. The average molecular weight is 349 g/mol. The van der Waals surface area contributed by atoms with Crippen LogP contribution < -0.4 is 10.0 Å². The SMILES string of the molecule is CNCc1cc(S(=O)(=O)NCc2ccco2)c(Cl)cc1Cl. The monoisotopic (exact) mass is 348 g/mol. The molecule has 5 nitrogen and oxygen atoms in total. The van der Waals surface area contributed by atoms with E-state index in [0.717, 1.165) is 0 Å². The summed E-state index contributed by atoms with van der Waals surface area (Å²) < 4.78 is 32.2. The van der Waals surface area contributed by atoms with Crippen LogP contribution in [0.1, 0.15) is 11.3 Å². The maximum atomic E-state index is 12.3. The lowest BCUT2D eigenvalue weighted by Gasteiger charge is -2.11. The van der Waals surface area contributed by atoms with Crippen LogP contribution in [0.25, 0.3) is 0 Å². The third kappa shape index (κ3) is 3.99. The van der Waals surface area contributed by atoms with E-state index in [4.69, 9.17) is 27.6 Å². The second kappa shape index (κ2) is 6.81. The molecule has 0 unspecified atom stereocenters. The Balaban J connectivity index is 2.28. The number of benzene rings is 1. The molecule has 2 N–H and O–H groups in total. The lowest BCUT2D eigenvalue weighted by molar-refractivity contribution is 0.498. The van der Waals surface area contributed by atoms with Crippen molar-refractivity contribution in [2.75, 3.05) is 7.05 Å². The predicted octanol–water partition coefficient (Wildman–Crippen LogP) is 2.78. The lowest BCUT2D eigenvalue weighted by atomic mass is 10.2. The number of hydrogen-bond acceptors (Lipinski definition) is 4. The number of nitrogens with one attached hydrogen (secondary N) is 2. The molecule has 2 rings (SSSR count). The molecule has 0 saturated carbocycles. The molecule has 0 fully saturated rings. The summed E-state index contributed by atoms with van der Waals surface area (Å²) in [6.45, 7) is 0.492. The van der Waals surface area contributed by atoms with E-state index < -0.39 is 10.0 Å². The normalized spacial score (nSPS) is 11.8. The van der Waals surface area contributed by atoms with Crippen molar-refractivity contribution >= 4 is 33.2 Å². The molecule has 8 heteroatoms. The summed E-state index contributed by atoms with van der Waals surface area (Å²) in [7, 11) is -2.01. The van der Waals surface area contributed by atoms with Crippen LogP contribution in [-0.4, -0.2) is 15.5 Å². The maximum Gasteiger partial charge on any atom is 0.242 e. The minimum Gasteiger partial charge on any atom is -0.468 e. The Hall–Kier alpha value is -1.05. The van der Waals surface area contributed by atoms with Gasteiger partial charge in [0.1, 0.15) is 10.7 Å². The fourth-order valence-corrected chi connectivity index (χ4v) is 3.62. The Labute approximate surface area is 133 Å². The van der Waals surface area contributed by atoms with E-state index in [1.54, 1.807) is 19.2 Å². The zero-order valence-electron chi connectivity index (χ0n) is 11.2. The number of sulfonamides is 1. The molecule has 0 radical (unpaired) electrons. The van der Waals surface area contributed by atoms with Crippen molar-refractivity contribution < 1.29 is 12.8 Å². The van der Waals surface area contributed by atoms with Crippen LogP contribution in [0, 0.1) is 0 Å². The van der Waals surface area contributed by atoms with E-state index in [-0.39, 0.29) is 16.5 Å². The molecular formula is C13H14Cl2N2O3S. The summed E-state index contributed by atoms with van der Waals surface area (Å²) >= 11 is 12.0. The van der Waals surface area contributed by atoms with Crippen molar-refractivity contribution in [2.45, 2.75) is 18.0 Å². The van der Waals surface area contributed by atoms with Crippen LogP contribution in [0.2, 0.25) is 10.0 Å². The molecule has 1 aromatic carbocycles. The molecule has 0 aliphatic carbocycles. The number of furan rings is 1. The molecule has 21 heavy (non-hydrogen) atoms. The third-order valence-corrected chi connectivity index (χ3v) is 4.99. The fraction of sp³-hybridized carbons (Fsp3) is 0.231. The topological polar surface area (TPSA) is 71.3 Å². The van der Waals surface area contributed by atoms with Crippen molar-refractivity contribution in [1.29, 1.82) is 0 Å². The predicted molar refractivity (Wildman–Crippen MR) is 82.0 cm³/mol. The summed E-state index contributed by atoms with van der Waals surface area (Å²) in [5.74, 6) is 0.513. The summed E-state index contributed by atoms with van der Waals surface area (Å²) in [5.41, 5.74) is 0.655. The van der Waals surface area contributed by atoms with Gasteiger partial charge in [-0.2, -0.15) is 0 Å². The van der Waals surface area contributed by atoms with Gasteiger partial charge in [0, 0.05) is 11.6 Å². The second-order valence-electron chi connectivity index (χ2n) is 4.31. The Morgan fingerprint density at radius 1 is 1.19 bits per heavy atom. The van der Waals surface area contributed by atoms with E-state index in [1.165, 1.54) is 18.4 Å². The highest BCUT2D eigenvalue weighted by atomic mass is 35.5. The first-order chi connectivity index (χ1) is 9.94. The molecule has 114 valence electrons. The Morgan fingerprint density at radius 2 is 1.95 bits per heavy atom. The second-order valence-corrected chi connectivity index (χ2v) is 6.86. The zero-order valence-corrected chi connectivity index (χ0v) is 13.5. The maximum absolute atomic E-state index is 12.3. The van der Waals surface area contributed by atoms with E-state index in [2.05, 4.69) is 10.0 Å². The van der Waals surface area contributed by atoms with Gasteiger partial charge in [-0.3, -0.25) is 0 Å². The Kier molecular flexibility index (Phi) is 5.29. The van der Waals surface area contributed by atoms with Gasteiger partial charge in [-0.1, -0.05) is 23.2 Å². The number of rotatable bonds is 6. The van der Waals surface area contributed by atoms with Crippen LogP contribution >= 0.6 is 23.2 Å². The minimum absolute atomic E-state index is 0.00891. The van der Waals surface area contributed by atoms with Gasteiger partial charge >= 0.3 is 0 Å². The van der Waals surface area contributed by atoms with Gasteiger partial charge in [0.2, 0.25) is 10.0 Å². The summed E-state index contributed by atoms with van der Waals surface area (Å²) in [6, 6.07) is 6.26. The van der Waals surface area contributed by atoms with Crippen LogP contribution in [0.15, 0.2) is 39.8 Å². The van der Waals surface area contributed by atoms with E-state index in [1.807, 2.05) is 0 Å². The van der Waals surface area contributed by atoms with Crippen molar-refractivity contribution in [3.05, 3.63) is 51.9 Å². The van der Waals surface area contributed by atoms with Crippen molar-refractivity contribution in [2.24, 2.45) is 0 Å². The standard InChI is InChI=1S/C13H14Cl2N2O3S/c1-16-7-9-5-13(12(15)6-11(9)14)21(18,19)17-8-10-3-2-4-20-10/h2-6,16-17H,7-8H2,1H3. The first-order valence-electron chi connectivity index (χ1n) is 6.08. The Morgan fingerprint density at radius 3 is 2.57 bits per heavy atom. The minimum atomic E-state index is -3.75. The molecule has 2 aromatic rings. The largest absolute Gasteiger partial charge is 0.468 e. The molecule has 0 aliphatic heterocycles. The van der Waals surface area contributed by atoms with Crippen LogP contribution in [-0.2, 0) is 23.1 Å². The molecule has 0 atom stereocenters. The molecular weight excluding hydrogens is 335 g/mol. The van der Waals surface area contributed by atoms with Gasteiger partial charge in [0.15, 0.2) is 0 Å². The van der Waals surface area contributed by atoms with E-state index in [0.29, 0.717) is 22.9 Å². The van der Waals surface area contributed by atoms with Gasteiger partial charge in [-0.05, 0) is 36.9 Å². The number of halogens is 2. The summed E-state index contributed by atoms with van der Waals surface area (Å²) in [5, 5.41) is 3.41. The highest BCUT2D eigenvalue weighted by molar-refractivity contribution is 7.89. The molecule has 1 heterocycles. The number of hydrogen-bond donors (Lipinski definition) is 2. The van der Waals surface area contributed by atoms with E-state index >= 15 is 0 Å². The van der Waals surface area contributed by atoms with Crippen molar-refractivity contribution in [3.63, 3.8) is 0 Å². The zero-order chi connectivity index (χ0) is 15.5. The van der Waals surface area contributed by atoms with Gasteiger partial charge in [-0.25, -0.2) is 13.1 Å². The van der Waals surface area contributed by atoms with Gasteiger partial charge in [0.05, 0.1) is 17.8 Å². The highest BCUT2D eigenvalue weighted by Crippen LogP contribution is 2.28. The first-order valence-corrected chi connectivity index (χ1v) is 8.32. The smallest absolute Gasteiger partial charge is 0.242 e. The lowest BCUT2D eigenvalue weighted by Crippen LogP contribution is -2.23. The average Bonchev–Trinajstić information content (AvgIpc) is 2.93. The van der Waals surface area contributed by atoms with Gasteiger partial charge in [-0.15, -0.1) is 0 Å². The van der Waals surface area contributed by atoms with Crippen molar-refractivity contribution in [3.8, 4) is 0 Å². The molecule has 0 saturated heterocycles. The van der Waals surface area contributed by atoms with Gasteiger partial charge < -0.3 is 9.73 Å². The van der Waals surface area contributed by atoms with Crippen LogP contribution in [0.4, 0.5) is 0 Å². The first kappa shape index (κ1) is 16.3. The molecule has 0 amide bonds. The third-order valence-electron chi connectivity index (χ3n) is 2.77. The molecule has 0 spiro atoms. The van der Waals surface area contributed by atoms with Crippen molar-refractivity contribution in [1.82, 2.24) is 10.0 Å². The Bertz CT molecular complexity index is 715. The van der Waals surface area contributed by atoms with Gasteiger partial charge in [0.25, 0.3) is 0 Å². The molecule has 0 bridgehead atoms.